The molecule has 1 aliphatic rings. The van der Waals surface area contributed by atoms with E-state index in [9.17, 15) is 4.79 Å². The molecule has 0 aliphatic carbocycles. The highest BCUT2D eigenvalue weighted by atomic mass is 16.5. The summed E-state index contributed by atoms with van der Waals surface area (Å²) in [5.74, 6) is 0.391. The SMILES string of the molecule is Cc1cc(C(=O)N2CCCC2C#N)no1. The maximum absolute atomic E-state index is 11.9. The number of aryl methyl sites for hydroxylation is 1. The van der Waals surface area contributed by atoms with Crippen molar-refractivity contribution in [2.75, 3.05) is 6.54 Å². The van der Waals surface area contributed by atoms with E-state index in [-0.39, 0.29) is 17.6 Å². The predicted molar refractivity (Wildman–Crippen MR) is 50.9 cm³/mol. The Bertz CT molecular complexity index is 419. The quantitative estimate of drug-likeness (QED) is 0.688. The van der Waals surface area contributed by atoms with Crippen molar-refractivity contribution in [2.45, 2.75) is 25.8 Å². The van der Waals surface area contributed by atoms with Gasteiger partial charge < -0.3 is 9.42 Å². The van der Waals surface area contributed by atoms with Crippen LogP contribution in [0.4, 0.5) is 0 Å². The lowest BCUT2D eigenvalue weighted by atomic mass is 10.2. The number of carbonyl (C=O) groups excluding carboxylic acids is 1. The van der Waals surface area contributed by atoms with Crippen LogP contribution in [0, 0.1) is 18.3 Å². The van der Waals surface area contributed by atoms with Crippen LogP contribution >= 0.6 is 0 Å². The molecule has 1 aromatic rings. The summed E-state index contributed by atoms with van der Waals surface area (Å²) in [5.41, 5.74) is 0.287. The first-order valence-corrected chi connectivity index (χ1v) is 4.86. The van der Waals surface area contributed by atoms with Crippen molar-refractivity contribution in [1.29, 1.82) is 5.26 Å². The number of hydrogen-bond acceptors (Lipinski definition) is 4. The molecular formula is C10H11N3O2. The van der Waals surface area contributed by atoms with Gasteiger partial charge in [-0.05, 0) is 19.8 Å². The van der Waals surface area contributed by atoms with E-state index in [0.717, 1.165) is 12.8 Å². The van der Waals surface area contributed by atoms with E-state index in [0.29, 0.717) is 12.3 Å². The summed E-state index contributed by atoms with van der Waals surface area (Å²) >= 11 is 0. The first kappa shape index (κ1) is 9.71. The fourth-order valence-corrected chi connectivity index (χ4v) is 1.76. The van der Waals surface area contributed by atoms with Gasteiger partial charge in [-0.15, -0.1) is 0 Å². The monoisotopic (exact) mass is 205 g/mol. The highest BCUT2D eigenvalue weighted by Crippen LogP contribution is 2.19. The molecule has 1 aliphatic heterocycles. The molecule has 5 heteroatoms. The van der Waals surface area contributed by atoms with Gasteiger partial charge >= 0.3 is 0 Å². The van der Waals surface area contributed by atoms with Gasteiger partial charge in [-0.1, -0.05) is 5.16 Å². The van der Waals surface area contributed by atoms with E-state index in [4.69, 9.17) is 9.78 Å². The van der Waals surface area contributed by atoms with Crippen LogP contribution in [0.1, 0.15) is 29.1 Å². The van der Waals surface area contributed by atoms with Crippen molar-refractivity contribution >= 4 is 5.91 Å². The minimum atomic E-state index is -0.311. The van der Waals surface area contributed by atoms with Gasteiger partial charge in [0, 0.05) is 12.6 Å². The molecule has 0 saturated carbocycles. The highest BCUT2D eigenvalue weighted by Gasteiger charge is 2.30. The average molecular weight is 205 g/mol. The topological polar surface area (TPSA) is 70.1 Å². The Morgan fingerprint density at radius 3 is 3.20 bits per heavy atom. The molecule has 0 N–H and O–H groups in total. The van der Waals surface area contributed by atoms with Crippen LogP contribution in [-0.2, 0) is 0 Å². The molecule has 2 rings (SSSR count). The average Bonchev–Trinajstić information content (AvgIpc) is 2.84. The van der Waals surface area contributed by atoms with E-state index >= 15 is 0 Å². The molecular weight excluding hydrogens is 194 g/mol. The second kappa shape index (κ2) is 3.73. The van der Waals surface area contributed by atoms with E-state index in [1.54, 1.807) is 17.9 Å². The van der Waals surface area contributed by atoms with E-state index in [1.165, 1.54) is 0 Å². The summed E-state index contributed by atoms with van der Waals surface area (Å²) in [7, 11) is 0. The number of aromatic nitrogens is 1. The lowest BCUT2D eigenvalue weighted by Crippen LogP contribution is -2.34. The van der Waals surface area contributed by atoms with Gasteiger partial charge in [0.25, 0.3) is 5.91 Å². The fourth-order valence-electron chi connectivity index (χ4n) is 1.76. The first-order chi connectivity index (χ1) is 7.22. The number of carbonyl (C=O) groups is 1. The summed E-state index contributed by atoms with van der Waals surface area (Å²) in [5, 5.41) is 12.5. The second-order valence-corrected chi connectivity index (χ2v) is 3.61. The standard InChI is InChI=1S/C10H11N3O2/c1-7-5-9(12-15-7)10(14)13-4-2-3-8(13)6-11/h5,8H,2-4H2,1H3. The number of nitrogens with zero attached hydrogens (tertiary/aromatic N) is 3. The zero-order chi connectivity index (χ0) is 10.8. The zero-order valence-electron chi connectivity index (χ0n) is 8.43. The Morgan fingerprint density at radius 2 is 2.60 bits per heavy atom. The van der Waals surface area contributed by atoms with Crippen molar-refractivity contribution in [1.82, 2.24) is 10.1 Å². The molecule has 1 atom stereocenters. The third kappa shape index (κ3) is 1.71. The van der Waals surface area contributed by atoms with Crippen molar-refractivity contribution < 1.29 is 9.32 Å². The van der Waals surface area contributed by atoms with E-state index in [1.807, 2.05) is 0 Å². The minimum absolute atomic E-state index is 0.212. The summed E-state index contributed by atoms with van der Waals surface area (Å²) < 4.78 is 4.83. The van der Waals surface area contributed by atoms with E-state index in [2.05, 4.69) is 11.2 Å². The third-order valence-electron chi connectivity index (χ3n) is 2.51. The van der Waals surface area contributed by atoms with Crippen LogP contribution in [-0.4, -0.2) is 28.6 Å². The van der Waals surface area contributed by atoms with Crippen LogP contribution in [0.2, 0.25) is 0 Å². The van der Waals surface area contributed by atoms with Gasteiger partial charge in [-0.3, -0.25) is 4.79 Å². The van der Waals surface area contributed by atoms with Crippen molar-refractivity contribution in [3.63, 3.8) is 0 Å². The molecule has 0 radical (unpaired) electrons. The van der Waals surface area contributed by atoms with Gasteiger partial charge in [-0.25, -0.2) is 0 Å². The highest BCUT2D eigenvalue weighted by molar-refractivity contribution is 5.92. The molecule has 15 heavy (non-hydrogen) atoms. The Labute approximate surface area is 87.3 Å². The summed E-state index contributed by atoms with van der Waals surface area (Å²) in [6.07, 6.45) is 1.62. The zero-order valence-corrected chi connectivity index (χ0v) is 8.43. The normalized spacial score (nSPS) is 20.3. The van der Waals surface area contributed by atoms with Crippen molar-refractivity contribution in [3.8, 4) is 6.07 Å². The molecule has 0 aromatic carbocycles. The number of amides is 1. The molecule has 1 amide bonds. The van der Waals surface area contributed by atoms with Crippen LogP contribution in [0.25, 0.3) is 0 Å². The summed E-state index contributed by atoms with van der Waals surface area (Å²) in [6, 6.07) is 3.40. The largest absolute Gasteiger partial charge is 0.361 e. The molecule has 1 fully saturated rings. The Balaban J connectivity index is 2.18. The van der Waals surface area contributed by atoms with Crippen LogP contribution in [0.15, 0.2) is 10.6 Å². The number of rotatable bonds is 1. The maximum Gasteiger partial charge on any atom is 0.277 e. The van der Waals surface area contributed by atoms with Crippen molar-refractivity contribution in [2.24, 2.45) is 0 Å². The molecule has 5 nitrogen and oxygen atoms in total. The number of likely N-dealkylation sites (tertiary alicyclic amines) is 1. The van der Waals surface area contributed by atoms with E-state index < -0.39 is 0 Å². The predicted octanol–water partition coefficient (Wildman–Crippen LogP) is 1.11. The third-order valence-corrected chi connectivity index (χ3v) is 2.51. The smallest absolute Gasteiger partial charge is 0.277 e. The van der Waals surface area contributed by atoms with Crippen LogP contribution < -0.4 is 0 Å². The van der Waals surface area contributed by atoms with Gasteiger partial charge in [0.05, 0.1) is 6.07 Å². The number of hydrogen-bond donors (Lipinski definition) is 0. The molecule has 0 spiro atoms. The molecule has 1 unspecified atom stereocenters. The molecule has 0 bridgehead atoms. The Hall–Kier alpha value is -1.83. The minimum Gasteiger partial charge on any atom is -0.361 e. The maximum atomic E-state index is 11.9. The number of nitriles is 1. The molecule has 2 heterocycles. The fraction of sp³-hybridized carbons (Fsp3) is 0.500. The second-order valence-electron chi connectivity index (χ2n) is 3.61. The van der Waals surface area contributed by atoms with Crippen LogP contribution in [0.3, 0.4) is 0 Å². The Kier molecular flexibility index (Phi) is 2.42. The summed E-state index contributed by atoms with van der Waals surface area (Å²) in [4.78, 5) is 13.4. The first-order valence-electron chi connectivity index (χ1n) is 4.86. The lowest BCUT2D eigenvalue weighted by molar-refractivity contribution is 0.0754. The Morgan fingerprint density at radius 1 is 1.80 bits per heavy atom. The van der Waals surface area contributed by atoms with Gasteiger partial charge in [-0.2, -0.15) is 5.26 Å². The molecule has 1 aromatic heterocycles. The van der Waals surface area contributed by atoms with Crippen molar-refractivity contribution in [3.05, 3.63) is 17.5 Å². The van der Waals surface area contributed by atoms with Gasteiger partial charge in [0.2, 0.25) is 0 Å². The van der Waals surface area contributed by atoms with Crippen LogP contribution in [0.5, 0.6) is 0 Å². The van der Waals surface area contributed by atoms with Gasteiger partial charge in [0.15, 0.2) is 5.69 Å². The lowest BCUT2D eigenvalue weighted by Gasteiger charge is -2.17. The summed E-state index contributed by atoms with van der Waals surface area (Å²) in [6.45, 7) is 2.36. The molecule has 78 valence electrons. The molecule has 1 saturated heterocycles. The van der Waals surface area contributed by atoms with Gasteiger partial charge in [0.1, 0.15) is 11.8 Å².